The fourth-order valence-electron chi connectivity index (χ4n) is 4.02. The van der Waals surface area contributed by atoms with Crippen molar-refractivity contribution in [3.05, 3.63) is 89.0 Å². The van der Waals surface area contributed by atoms with Crippen molar-refractivity contribution in [2.24, 2.45) is 12.2 Å². The number of nitrogens with zero attached hydrogens (tertiary/aromatic N) is 3. The highest BCUT2D eigenvalue weighted by molar-refractivity contribution is 6.39. The Morgan fingerprint density at radius 3 is 2.31 bits per heavy atom. The molecule has 10 heteroatoms. The van der Waals surface area contributed by atoms with E-state index in [9.17, 15) is 14.4 Å². The second kappa shape index (κ2) is 10.6. The molecule has 0 atom stereocenters. The Morgan fingerprint density at radius 1 is 1.06 bits per heavy atom. The highest BCUT2D eigenvalue weighted by Gasteiger charge is 2.29. The predicted molar refractivity (Wildman–Crippen MR) is 130 cm³/mol. The van der Waals surface area contributed by atoms with Crippen molar-refractivity contribution in [3.8, 4) is 11.1 Å². The van der Waals surface area contributed by atoms with Crippen molar-refractivity contribution in [3.63, 3.8) is 0 Å². The topological polar surface area (TPSA) is 113 Å². The zero-order chi connectivity index (χ0) is 25.7. The number of carbonyl (C=O) groups excluding carboxylic acids is 3. The summed E-state index contributed by atoms with van der Waals surface area (Å²) in [5.74, 6) is -2.72. The number of aryl methyl sites for hydroxylation is 1. The van der Waals surface area contributed by atoms with E-state index in [1.807, 2.05) is 36.4 Å². The number of esters is 1. The first-order chi connectivity index (χ1) is 17.4. The number of rotatable bonds is 6. The van der Waals surface area contributed by atoms with Crippen LogP contribution in [0.2, 0.25) is 0 Å². The summed E-state index contributed by atoms with van der Waals surface area (Å²) in [6.07, 6.45) is 0.807. The van der Waals surface area contributed by atoms with Crippen LogP contribution in [-0.2, 0) is 26.2 Å². The van der Waals surface area contributed by atoms with Crippen LogP contribution in [0.15, 0.2) is 65.9 Å². The standard InChI is InChI=1S/C26H22N4O6/c1-4-34-25(32)23(27-2)29-36-24(31)22-13-16(14-30(22)3)28-26(33)35-15-21-19-11-7-5-9-17(19)18-10-6-8-12-20(18)21/h5-14,21H,4,15H2,1,3H3,(H,28,33)/b29-23-. The second-order valence-electron chi connectivity index (χ2n) is 7.80. The molecule has 0 unspecified atom stereocenters. The summed E-state index contributed by atoms with van der Waals surface area (Å²) >= 11 is 0. The van der Waals surface area contributed by atoms with Crippen molar-refractivity contribution in [2.45, 2.75) is 12.8 Å². The van der Waals surface area contributed by atoms with Gasteiger partial charge < -0.3 is 18.9 Å². The Labute approximate surface area is 206 Å². The van der Waals surface area contributed by atoms with Gasteiger partial charge in [-0.1, -0.05) is 55.1 Å². The third kappa shape index (κ3) is 4.95. The molecule has 1 N–H and O–H groups in total. The number of amides is 1. The van der Waals surface area contributed by atoms with Crippen LogP contribution in [-0.4, -0.2) is 41.6 Å². The number of ether oxygens (including phenoxy) is 2. The molecular formula is C26H22N4O6. The Balaban J connectivity index is 1.39. The monoisotopic (exact) mass is 486 g/mol. The van der Waals surface area contributed by atoms with Gasteiger partial charge in [-0.05, 0) is 35.2 Å². The van der Waals surface area contributed by atoms with Crippen LogP contribution in [0.25, 0.3) is 16.0 Å². The Kier molecular flexibility index (Phi) is 7.11. The lowest BCUT2D eigenvalue weighted by molar-refractivity contribution is -0.135. The van der Waals surface area contributed by atoms with Crippen LogP contribution >= 0.6 is 0 Å². The predicted octanol–water partition coefficient (Wildman–Crippen LogP) is 4.34. The molecule has 0 fully saturated rings. The number of amidine groups is 1. The number of hydrogen-bond donors (Lipinski definition) is 1. The smallest absolute Gasteiger partial charge is 0.411 e. The van der Waals surface area contributed by atoms with Crippen LogP contribution in [0, 0.1) is 6.57 Å². The first kappa shape index (κ1) is 24.2. The van der Waals surface area contributed by atoms with E-state index in [4.69, 9.17) is 16.1 Å². The highest BCUT2D eigenvalue weighted by Crippen LogP contribution is 2.44. The number of carbonyl (C=O) groups is 3. The Bertz CT molecular complexity index is 1360. The molecule has 10 nitrogen and oxygen atoms in total. The van der Waals surface area contributed by atoms with Gasteiger partial charge >= 0.3 is 23.9 Å². The summed E-state index contributed by atoms with van der Waals surface area (Å²) in [4.78, 5) is 44.0. The normalized spacial score (nSPS) is 12.2. The number of fused-ring (bicyclic) bond motifs is 3. The lowest BCUT2D eigenvalue weighted by Crippen LogP contribution is -2.17. The minimum Gasteiger partial charge on any atom is -0.470 e. The zero-order valence-electron chi connectivity index (χ0n) is 19.6. The van der Waals surface area contributed by atoms with Gasteiger partial charge in [0.2, 0.25) is 0 Å². The summed E-state index contributed by atoms with van der Waals surface area (Å²) in [5.41, 5.74) is 4.76. The first-order valence-corrected chi connectivity index (χ1v) is 11.0. The van der Waals surface area contributed by atoms with Crippen LogP contribution in [0.1, 0.15) is 34.5 Å². The molecule has 0 aliphatic heterocycles. The van der Waals surface area contributed by atoms with Gasteiger partial charge in [-0.3, -0.25) is 10.1 Å². The van der Waals surface area contributed by atoms with Crippen molar-refractivity contribution in [2.75, 3.05) is 18.5 Å². The van der Waals surface area contributed by atoms with Gasteiger partial charge in [0.1, 0.15) is 12.3 Å². The average molecular weight is 486 g/mol. The zero-order valence-corrected chi connectivity index (χ0v) is 19.6. The maximum absolute atomic E-state index is 12.5. The van der Waals surface area contributed by atoms with Crippen LogP contribution in [0.3, 0.4) is 0 Å². The number of anilines is 1. The van der Waals surface area contributed by atoms with E-state index in [0.29, 0.717) is 5.69 Å². The lowest BCUT2D eigenvalue weighted by Gasteiger charge is -2.14. The molecule has 1 amide bonds. The minimum atomic E-state index is -0.996. The second-order valence-corrected chi connectivity index (χ2v) is 7.80. The van der Waals surface area contributed by atoms with E-state index in [-0.39, 0.29) is 24.8 Å². The molecule has 3 aromatic rings. The minimum absolute atomic E-state index is 0.0286. The van der Waals surface area contributed by atoms with Gasteiger partial charge in [0.15, 0.2) is 0 Å². The molecule has 0 bridgehead atoms. The lowest BCUT2D eigenvalue weighted by atomic mass is 9.98. The molecule has 0 saturated heterocycles. The molecule has 1 aromatic heterocycles. The van der Waals surface area contributed by atoms with Crippen molar-refractivity contribution in [1.82, 2.24) is 4.57 Å². The Hall–Kier alpha value is -4.91. The van der Waals surface area contributed by atoms with E-state index < -0.39 is 23.9 Å². The third-order valence-corrected chi connectivity index (χ3v) is 5.58. The van der Waals surface area contributed by atoms with Crippen LogP contribution in [0.4, 0.5) is 10.5 Å². The van der Waals surface area contributed by atoms with E-state index in [0.717, 1.165) is 22.3 Å². The average Bonchev–Trinajstić information content (AvgIpc) is 3.40. The molecule has 0 radical (unpaired) electrons. The maximum atomic E-state index is 12.5. The van der Waals surface area contributed by atoms with Crippen LogP contribution in [0.5, 0.6) is 0 Å². The number of oxime groups is 1. The van der Waals surface area contributed by atoms with E-state index >= 15 is 0 Å². The van der Waals surface area contributed by atoms with Gasteiger partial charge in [-0.25, -0.2) is 14.4 Å². The Morgan fingerprint density at radius 2 is 1.69 bits per heavy atom. The van der Waals surface area contributed by atoms with Crippen molar-refractivity contribution >= 4 is 29.6 Å². The van der Waals surface area contributed by atoms with Gasteiger partial charge in [-0.15, -0.1) is 0 Å². The maximum Gasteiger partial charge on any atom is 0.411 e. The van der Waals surface area contributed by atoms with E-state index in [2.05, 4.69) is 32.2 Å². The van der Waals surface area contributed by atoms with Crippen molar-refractivity contribution in [1.29, 1.82) is 0 Å². The number of hydrogen-bond acceptors (Lipinski definition) is 7. The number of nitrogens with one attached hydrogen (secondary N) is 1. The summed E-state index contributed by atoms with van der Waals surface area (Å²) < 4.78 is 11.6. The molecule has 0 spiro atoms. The molecule has 0 saturated carbocycles. The van der Waals surface area contributed by atoms with Gasteiger partial charge in [0.25, 0.3) is 0 Å². The SMILES string of the molecule is [C-]#[N+]/C(=N\OC(=O)c1cc(NC(=O)OCC2c3ccccc3-c3ccccc32)cn1C)C(=O)OCC. The molecule has 36 heavy (non-hydrogen) atoms. The molecule has 2 aromatic carbocycles. The fraction of sp³-hybridized carbons (Fsp3) is 0.192. The molecule has 1 heterocycles. The van der Waals surface area contributed by atoms with Gasteiger partial charge in [0, 0.05) is 19.2 Å². The number of benzene rings is 2. The molecule has 1 aliphatic carbocycles. The molecule has 182 valence electrons. The van der Waals surface area contributed by atoms with Crippen LogP contribution < -0.4 is 5.32 Å². The molecule has 1 aliphatic rings. The largest absolute Gasteiger partial charge is 0.470 e. The third-order valence-electron chi connectivity index (χ3n) is 5.58. The van der Waals surface area contributed by atoms with Gasteiger partial charge in [0.05, 0.1) is 17.4 Å². The summed E-state index contributed by atoms with van der Waals surface area (Å²) in [6, 6.07) is 17.4. The summed E-state index contributed by atoms with van der Waals surface area (Å²) in [6.45, 7) is 8.72. The summed E-state index contributed by atoms with van der Waals surface area (Å²) in [5, 5.41) is 5.86. The first-order valence-electron chi connectivity index (χ1n) is 11.0. The molecular weight excluding hydrogens is 464 g/mol. The van der Waals surface area contributed by atoms with E-state index in [1.54, 1.807) is 14.0 Å². The number of aromatic nitrogens is 1. The van der Waals surface area contributed by atoms with E-state index in [1.165, 1.54) is 16.8 Å². The van der Waals surface area contributed by atoms with Gasteiger partial charge in [-0.2, -0.15) is 0 Å². The molecule has 4 rings (SSSR count). The fourth-order valence-corrected chi connectivity index (χ4v) is 4.02. The van der Waals surface area contributed by atoms with Crippen molar-refractivity contribution < 1.29 is 28.7 Å². The summed E-state index contributed by atoms with van der Waals surface area (Å²) in [7, 11) is 1.56. The quantitative estimate of drug-likeness (QED) is 0.139. The highest BCUT2D eigenvalue weighted by atomic mass is 16.7.